The predicted octanol–water partition coefficient (Wildman–Crippen LogP) is 3.44. The van der Waals surface area contributed by atoms with Gasteiger partial charge in [0.25, 0.3) is 0 Å². The van der Waals surface area contributed by atoms with Crippen LogP contribution in [0.1, 0.15) is 25.3 Å². The van der Waals surface area contributed by atoms with Crippen molar-refractivity contribution in [3.63, 3.8) is 0 Å². The van der Waals surface area contributed by atoms with Gasteiger partial charge in [-0.05, 0) is 56.0 Å². The molecule has 3 nitrogen and oxygen atoms in total. The number of ether oxygens (including phenoxy) is 1. The quantitative estimate of drug-likeness (QED) is 0.890. The van der Waals surface area contributed by atoms with Gasteiger partial charge in [0.1, 0.15) is 5.75 Å². The summed E-state index contributed by atoms with van der Waals surface area (Å²) in [5.41, 5.74) is 7.32. The number of benzene rings is 1. The van der Waals surface area contributed by atoms with Crippen LogP contribution < -0.4 is 10.5 Å². The summed E-state index contributed by atoms with van der Waals surface area (Å²) in [6.45, 7) is 5.34. The summed E-state index contributed by atoms with van der Waals surface area (Å²) in [5.74, 6) is 1.54. The van der Waals surface area contributed by atoms with Gasteiger partial charge in [-0.2, -0.15) is 0 Å². The van der Waals surface area contributed by atoms with Crippen LogP contribution in [0.5, 0.6) is 5.75 Å². The molecule has 1 saturated heterocycles. The van der Waals surface area contributed by atoms with E-state index in [4.69, 9.17) is 10.5 Å². The Balaban J connectivity index is 0.00000200. The van der Waals surface area contributed by atoms with Crippen LogP contribution in [0.2, 0.25) is 0 Å². The molecule has 1 aromatic rings. The topological polar surface area (TPSA) is 38.5 Å². The Hall–Kier alpha value is -0.290. The van der Waals surface area contributed by atoms with E-state index in [0.717, 1.165) is 29.9 Å². The van der Waals surface area contributed by atoms with Gasteiger partial charge in [-0.25, -0.2) is 0 Å². The zero-order valence-corrected chi connectivity index (χ0v) is 14.5. The maximum absolute atomic E-state index is 6.04. The molecule has 2 unspecified atom stereocenters. The smallest absolute Gasteiger partial charge is 0.119 e. The van der Waals surface area contributed by atoms with Gasteiger partial charge in [-0.15, -0.1) is 12.4 Å². The molecular weight excluding hydrogens is 340 g/mol. The standard InChI is InChI=1S/C15H23BrN2O.ClH/c1-11(17)12-4-3-7-18(9-12)10-13-8-14(19-2)5-6-15(13)16;/h5-6,8,11-12H,3-4,7,9-10,17H2,1-2H3;1H. The molecule has 1 aliphatic rings. The van der Waals surface area contributed by atoms with Gasteiger partial charge in [0, 0.05) is 23.6 Å². The number of nitrogens with zero attached hydrogens (tertiary/aromatic N) is 1. The summed E-state index contributed by atoms with van der Waals surface area (Å²) in [6.07, 6.45) is 2.50. The molecule has 0 aliphatic carbocycles. The molecule has 114 valence electrons. The molecule has 0 spiro atoms. The average Bonchev–Trinajstić information content (AvgIpc) is 2.41. The highest BCUT2D eigenvalue weighted by atomic mass is 79.9. The first kappa shape index (κ1) is 17.8. The Morgan fingerprint density at radius 2 is 2.25 bits per heavy atom. The van der Waals surface area contributed by atoms with E-state index in [1.54, 1.807) is 7.11 Å². The van der Waals surface area contributed by atoms with Crippen LogP contribution >= 0.6 is 28.3 Å². The SMILES string of the molecule is COc1ccc(Br)c(CN2CCCC(C(C)N)C2)c1.Cl. The van der Waals surface area contributed by atoms with Crippen molar-refractivity contribution in [1.29, 1.82) is 0 Å². The Labute approximate surface area is 136 Å². The molecule has 2 N–H and O–H groups in total. The van der Waals surface area contributed by atoms with E-state index in [0.29, 0.717) is 5.92 Å². The van der Waals surface area contributed by atoms with Crippen molar-refractivity contribution in [1.82, 2.24) is 4.90 Å². The molecule has 0 saturated carbocycles. The van der Waals surface area contributed by atoms with Gasteiger partial charge in [-0.3, -0.25) is 4.90 Å². The maximum atomic E-state index is 6.04. The van der Waals surface area contributed by atoms with Crippen LogP contribution in [0.3, 0.4) is 0 Å². The molecule has 5 heteroatoms. The summed E-state index contributed by atoms with van der Waals surface area (Å²) in [5, 5.41) is 0. The number of rotatable bonds is 4. The lowest BCUT2D eigenvalue weighted by Crippen LogP contribution is -2.41. The second kappa shape index (κ2) is 8.23. The van der Waals surface area contributed by atoms with Crippen LogP contribution in [-0.4, -0.2) is 31.1 Å². The van der Waals surface area contributed by atoms with E-state index in [2.05, 4.69) is 39.9 Å². The number of halogens is 2. The van der Waals surface area contributed by atoms with Crippen LogP contribution in [0.25, 0.3) is 0 Å². The number of likely N-dealkylation sites (tertiary alicyclic amines) is 1. The Morgan fingerprint density at radius 1 is 1.50 bits per heavy atom. The lowest BCUT2D eigenvalue weighted by Gasteiger charge is -2.34. The van der Waals surface area contributed by atoms with E-state index >= 15 is 0 Å². The third-order valence-corrected chi connectivity index (χ3v) is 4.71. The van der Waals surface area contributed by atoms with Crippen LogP contribution in [0.4, 0.5) is 0 Å². The number of methoxy groups -OCH3 is 1. The fraction of sp³-hybridized carbons (Fsp3) is 0.600. The average molecular weight is 364 g/mol. The fourth-order valence-electron chi connectivity index (χ4n) is 2.70. The summed E-state index contributed by atoms with van der Waals surface area (Å²) in [6, 6.07) is 6.44. The Morgan fingerprint density at radius 3 is 2.90 bits per heavy atom. The number of hydrogen-bond acceptors (Lipinski definition) is 3. The van der Waals surface area contributed by atoms with Crippen molar-refractivity contribution in [3.05, 3.63) is 28.2 Å². The molecule has 0 radical (unpaired) electrons. The zero-order valence-electron chi connectivity index (χ0n) is 12.1. The molecule has 2 atom stereocenters. The van der Waals surface area contributed by atoms with E-state index in [9.17, 15) is 0 Å². The molecule has 0 bridgehead atoms. The van der Waals surface area contributed by atoms with Crippen molar-refractivity contribution >= 4 is 28.3 Å². The normalized spacial score (nSPS) is 21.1. The van der Waals surface area contributed by atoms with Gasteiger partial charge < -0.3 is 10.5 Å². The minimum atomic E-state index is 0. The van der Waals surface area contributed by atoms with Crippen LogP contribution in [0.15, 0.2) is 22.7 Å². The summed E-state index contributed by atoms with van der Waals surface area (Å²) in [4.78, 5) is 2.50. The zero-order chi connectivity index (χ0) is 13.8. The highest BCUT2D eigenvalue weighted by Gasteiger charge is 2.23. The molecule has 1 aromatic carbocycles. The number of piperidine rings is 1. The molecule has 0 amide bonds. The third-order valence-electron chi connectivity index (χ3n) is 3.93. The second-order valence-electron chi connectivity index (χ2n) is 5.45. The molecule has 1 aliphatic heterocycles. The summed E-state index contributed by atoms with van der Waals surface area (Å²) in [7, 11) is 1.71. The maximum Gasteiger partial charge on any atom is 0.119 e. The van der Waals surface area contributed by atoms with E-state index in [1.165, 1.54) is 18.4 Å². The predicted molar refractivity (Wildman–Crippen MR) is 89.6 cm³/mol. The molecule has 0 aromatic heterocycles. The fourth-order valence-corrected chi connectivity index (χ4v) is 3.08. The molecule has 1 heterocycles. The highest BCUT2D eigenvalue weighted by molar-refractivity contribution is 9.10. The van der Waals surface area contributed by atoms with Crippen LogP contribution in [0, 0.1) is 5.92 Å². The lowest BCUT2D eigenvalue weighted by molar-refractivity contribution is 0.154. The Kier molecular flexibility index (Phi) is 7.30. The van der Waals surface area contributed by atoms with Gasteiger partial charge in [0.15, 0.2) is 0 Å². The van der Waals surface area contributed by atoms with Gasteiger partial charge >= 0.3 is 0 Å². The highest BCUT2D eigenvalue weighted by Crippen LogP contribution is 2.26. The molecular formula is C15H24BrClN2O. The van der Waals surface area contributed by atoms with E-state index in [-0.39, 0.29) is 18.4 Å². The lowest BCUT2D eigenvalue weighted by atomic mass is 9.92. The van der Waals surface area contributed by atoms with Crippen molar-refractivity contribution in [3.8, 4) is 5.75 Å². The minimum Gasteiger partial charge on any atom is -0.497 e. The first-order valence-electron chi connectivity index (χ1n) is 6.90. The van der Waals surface area contributed by atoms with Crippen LogP contribution in [-0.2, 0) is 6.54 Å². The van der Waals surface area contributed by atoms with Gasteiger partial charge in [0.05, 0.1) is 7.11 Å². The van der Waals surface area contributed by atoms with Crippen molar-refractivity contribution < 1.29 is 4.74 Å². The van der Waals surface area contributed by atoms with Gasteiger partial charge in [0.2, 0.25) is 0 Å². The van der Waals surface area contributed by atoms with Crippen molar-refractivity contribution in [2.75, 3.05) is 20.2 Å². The second-order valence-corrected chi connectivity index (χ2v) is 6.31. The molecule has 20 heavy (non-hydrogen) atoms. The molecule has 1 fully saturated rings. The third kappa shape index (κ3) is 4.62. The summed E-state index contributed by atoms with van der Waals surface area (Å²) >= 11 is 3.62. The number of nitrogens with two attached hydrogens (primary N) is 1. The summed E-state index contributed by atoms with van der Waals surface area (Å²) < 4.78 is 6.45. The van der Waals surface area contributed by atoms with Crippen molar-refractivity contribution in [2.45, 2.75) is 32.4 Å². The first-order chi connectivity index (χ1) is 9.10. The van der Waals surface area contributed by atoms with Gasteiger partial charge in [-0.1, -0.05) is 15.9 Å². The Bertz CT molecular complexity index is 428. The van der Waals surface area contributed by atoms with Crippen molar-refractivity contribution in [2.24, 2.45) is 11.7 Å². The monoisotopic (exact) mass is 362 g/mol. The first-order valence-corrected chi connectivity index (χ1v) is 7.70. The molecule has 2 rings (SSSR count). The van der Waals surface area contributed by atoms with E-state index < -0.39 is 0 Å². The van der Waals surface area contributed by atoms with E-state index in [1.807, 2.05) is 6.07 Å². The largest absolute Gasteiger partial charge is 0.497 e. The minimum absolute atomic E-state index is 0. The number of hydrogen-bond donors (Lipinski definition) is 1.